The van der Waals surface area contributed by atoms with Gasteiger partial charge in [0.25, 0.3) is 0 Å². The number of piperidine rings is 1. The summed E-state index contributed by atoms with van der Waals surface area (Å²) in [5.74, 6) is 0. The first-order chi connectivity index (χ1) is 18.5. The Morgan fingerprint density at radius 1 is 1.10 bits per heavy atom. The van der Waals surface area contributed by atoms with E-state index in [2.05, 4.69) is 52.7 Å². The maximum absolute atomic E-state index is 13.1. The minimum atomic E-state index is -4.47. The van der Waals surface area contributed by atoms with Crippen LogP contribution in [0, 0.1) is 0 Å². The normalized spacial score (nSPS) is 17.3. The van der Waals surface area contributed by atoms with Gasteiger partial charge in [-0.2, -0.15) is 13.2 Å². The number of halogens is 3. The molecule has 1 atom stereocenters. The van der Waals surface area contributed by atoms with Crippen LogP contribution in [0.15, 0.2) is 95.3 Å². The summed E-state index contributed by atoms with van der Waals surface area (Å²) in [6, 6.07) is 7.08. The summed E-state index contributed by atoms with van der Waals surface area (Å²) in [7, 11) is 0. The summed E-state index contributed by atoms with van der Waals surface area (Å²) in [4.78, 5) is 10.2. The Hall–Kier alpha value is -3.61. The maximum Gasteiger partial charge on any atom is 0.429 e. The molecular formula is C32H41F3N4. The van der Waals surface area contributed by atoms with Crippen molar-refractivity contribution in [2.75, 3.05) is 6.54 Å². The van der Waals surface area contributed by atoms with Crippen LogP contribution in [0.4, 0.5) is 13.2 Å². The van der Waals surface area contributed by atoms with Crippen molar-refractivity contribution < 1.29 is 13.2 Å². The van der Waals surface area contributed by atoms with Gasteiger partial charge in [-0.1, -0.05) is 75.2 Å². The first kappa shape index (κ1) is 31.6. The van der Waals surface area contributed by atoms with Crippen LogP contribution in [0.25, 0.3) is 11.4 Å². The lowest BCUT2D eigenvalue weighted by Gasteiger charge is -2.40. The van der Waals surface area contributed by atoms with Gasteiger partial charge in [0.05, 0.1) is 11.9 Å². The van der Waals surface area contributed by atoms with E-state index in [-0.39, 0.29) is 18.3 Å². The molecule has 7 heteroatoms. The number of nitrogens with zero attached hydrogens (tertiary/aromatic N) is 3. The molecular weight excluding hydrogens is 497 g/mol. The first-order valence-electron chi connectivity index (χ1n) is 13.3. The molecule has 0 aromatic heterocycles. The monoisotopic (exact) mass is 538 g/mol. The Morgan fingerprint density at radius 3 is 2.36 bits per heavy atom. The molecule has 1 N–H and O–H groups in total. The van der Waals surface area contributed by atoms with Crippen molar-refractivity contribution in [3.8, 4) is 0 Å². The second-order valence-electron chi connectivity index (χ2n) is 9.42. The number of alkyl halides is 3. The smallest absolute Gasteiger partial charge is 0.365 e. The molecule has 1 aromatic rings. The molecule has 0 bridgehead atoms. The topological polar surface area (TPSA) is 40.0 Å². The summed E-state index contributed by atoms with van der Waals surface area (Å²) in [6.07, 6.45) is 8.24. The number of benzene rings is 1. The molecule has 210 valence electrons. The zero-order valence-electron chi connectivity index (χ0n) is 23.4. The number of hydrogen-bond donors (Lipinski definition) is 1. The third kappa shape index (κ3) is 9.27. The molecule has 0 saturated carbocycles. The van der Waals surface area contributed by atoms with E-state index < -0.39 is 11.9 Å². The van der Waals surface area contributed by atoms with E-state index in [1.807, 2.05) is 44.2 Å². The van der Waals surface area contributed by atoms with Crippen molar-refractivity contribution in [3.63, 3.8) is 0 Å². The molecule has 0 aliphatic carbocycles. The van der Waals surface area contributed by atoms with E-state index in [1.165, 1.54) is 6.92 Å². The summed E-state index contributed by atoms with van der Waals surface area (Å²) >= 11 is 0. The Kier molecular flexibility index (Phi) is 12.2. The molecule has 4 nitrogen and oxygen atoms in total. The third-order valence-electron chi connectivity index (χ3n) is 6.71. The van der Waals surface area contributed by atoms with Crippen LogP contribution in [0.2, 0.25) is 0 Å². The average Bonchev–Trinajstić information content (AvgIpc) is 2.92. The van der Waals surface area contributed by atoms with Gasteiger partial charge in [-0.25, -0.2) is 4.99 Å². The summed E-state index contributed by atoms with van der Waals surface area (Å²) in [6.45, 7) is 22.4. The quantitative estimate of drug-likeness (QED) is 0.201. The zero-order valence-corrected chi connectivity index (χ0v) is 23.4. The fourth-order valence-electron chi connectivity index (χ4n) is 4.44. The molecule has 1 heterocycles. The Labute approximate surface area is 231 Å². The Bertz CT molecular complexity index is 1150. The van der Waals surface area contributed by atoms with Gasteiger partial charge in [0.2, 0.25) is 0 Å². The summed E-state index contributed by atoms with van der Waals surface area (Å²) in [5, 5.41) is 3.55. The molecule has 0 amide bonds. The van der Waals surface area contributed by atoms with Gasteiger partial charge in [0.1, 0.15) is 5.71 Å². The highest BCUT2D eigenvalue weighted by molar-refractivity contribution is 5.93. The third-order valence-corrected chi connectivity index (χ3v) is 6.71. The Morgan fingerprint density at radius 2 is 1.77 bits per heavy atom. The second-order valence-corrected chi connectivity index (χ2v) is 9.42. The molecule has 39 heavy (non-hydrogen) atoms. The molecule has 0 radical (unpaired) electrons. The van der Waals surface area contributed by atoms with Crippen molar-refractivity contribution >= 4 is 23.8 Å². The molecule has 1 fully saturated rings. The minimum absolute atomic E-state index is 0.00284. The molecule has 0 spiro atoms. The summed E-state index contributed by atoms with van der Waals surface area (Å²) in [5.41, 5.74) is 4.22. The van der Waals surface area contributed by atoms with Gasteiger partial charge in [0.15, 0.2) is 0 Å². The SMILES string of the molecule is C=N/C(C)=C(\CC/C=C\C=C/C)C(=C)N1CCCCC1NC(=C)c1ccc(C(=C)N=C(CC)C(F)(F)F)cc1. The molecule has 1 aromatic carbocycles. The van der Waals surface area contributed by atoms with E-state index in [0.717, 1.165) is 66.9 Å². The number of rotatable bonds is 13. The molecule has 1 saturated heterocycles. The van der Waals surface area contributed by atoms with E-state index in [9.17, 15) is 13.2 Å². The predicted molar refractivity (Wildman–Crippen MR) is 160 cm³/mol. The van der Waals surface area contributed by atoms with Crippen molar-refractivity contribution in [2.45, 2.75) is 71.6 Å². The van der Waals surface area contributed by atoms with Crippen molar-refractivity contribution in [1.29, 1.82) is 0 Å². The van der Waals surface area contributed by atoms with Crippen molar-refractivity contribution in [2.24, 2.45) is 9.98 Å². The van der Waals surface area contributed by atoms with Crippen LogP contribution in [0.1, 0.15) is 70.4 Å². The van der Waals surface area contributed by atoms with Crippen molar-refractivity contribution in [3.05, 3.63) is 96.4 Å². The number of nitrogens with one attached hydrogen (secondary N) is 1. The van der Waals surface area contributed by atoms with Crippen LogP contribution >= 0.6 is 0 Å². The van der Waals surface area contributed by atoms with Crippen molar-refractivity contribution in [1.82, 2.24) is 10.2 Å². The average molecular weight is 539 g/mol. The second kappa shape index (κ2) is 15.1. The number of aliphatic imine (C=N–C) groups is 2. The van der Waals surface area contributed by atoms with Crippen LogP contribution < -0.4 is 5.32 Å². The fraction of sp³-hybridized carbons (Fsp3) is 0.375. The van der Waals surface area contributed by atoms with E-state index in [0.29, 0.717) is 5.56 Å². The largest absolute Gasteiger partial charge is 0.429 e. The lowest BCUT2D eigenvalue weighted by atomic mass is 9.99. The lowest BCUT2D eigenvalue weighted by molar-refractivity contribution is -0.0601. The zero-order chi connectivity index (χ0) is 29.0. The fourth-order valence-corrected chi connectivity index (χ4v) is 4.44. The van der Waals surface area contributed by atoms with Gasteiger partial charge in [-0.3, -0.25) is 4.99 Å². The van der Waals surface area contributed by atoms with Gasteiger partial charge < -0.3 is 10.2 Å². The van der Waals surface area contributed by atoms with Gasteiger partial charge in [-0.05, 0) is 75.8 Å². The van der Waals surface area contributed by atoms with Crippen LogP contribution in [0.5, 0.6) is 0 Å². The molecule has 2 rings (SSSR count). The van der Waals surface area contributed by atoms with Gasteiger partial charge in [0, 0.05) is 23.6 Å². The molecule has 1 unspecified atom stereocenters. The van der Waals surface area contributed by atoms with Crippen LogP contribution in [-0.2, 0) is 0 Å². The predicted octanol–water partition coefficient (Wildman–Crippen LogP) is 8.84. The highest BCUT2D eigenvalue weighted by Gasteiger charge is 2.34. The first-order valence-corrected chi connectivity index (χ1v) is 13.3. The van der Waals surface area contributed by atoms with Gasteiger partial charge >= 0.3 is 6.18 Å². The maximum atomic E-state index is 13.1. The minimum Gasteiger partial charge on any atom is -0.365 e. The molecule has 1 aliphatic heterocycles. The molecule has 1 aliphatic rings. The van der Waals surface area contributed by atoms with Gasteiger partial charge in [-0.15, -0.1) is 0 Å². The Balaban J connectivity index is 2.16. The van der Waals surface area contributed by atoms with E-state index >= 15 is 0 Å². The number of hydrogen-bond acceptors (Lipinski definition) is 4. The highest BCUT2D eigenvalue weighted by atomic mass is 19.4. The van der Waals surface area contributed by atoms with Crippen LogP contribution in [-0.4, -0.2) is 36.2 Å². The summed E-state index contributed by atoms with van der Waals surface area (Å²) < 4.78 is 39.2. The highest BCUT2D eigenvalue weighted by Crippen LogP contribution is 2.30. The number of allylic oxidation sites excluding steroid dienone is 6. The standard InChI is InChI=1S/C32H41F3N4/c1-8-10-11-12-13-16-29(25(5)36-7)26(6)39-22-15-14-17-31(39)38-24(4)28-20-18-27(19-21-28)23(3)37-30(9-2)32(33,34)35/h8,10-12,18-21,31,38H,3-4,6-7,9,13-17,22H2,1-2,5H3/b10-8-,12-11-,29-25+,37-30?. The number of likely N-dealkylation sites (tertiary alicyclic amines) is 1. The van der Waals surface area contributed by atoms with Crippen LogP contribution in [0.3, 0.4) is 0 Å². The lowest BCUT2D eigenvalue weighted by Crippen LogP contribution is -2.47. The van der Waals surface area contributed by atoms with E-state index in [4.69, 9.17) is 0 Å². The van der Waals surface area contributed by atoms with E-state index in [1.54, 1.807) is 12.1 Å².